The van der Waals surface area contributed by atoms with E-state index in [1.807, 2.05) is 17.9 Å². The molecule has 0 spiro atoms. The predicted octanol–water partition coefficient (Wildman–Crippen LogP) is 2.75. The lowest BCUT2D eigenvalue weighted by molar-refractivity contribution is 0.734. The molecule has 3 nitrogen and oxygen atoms in total. The number of hydrogen-bond acceptors (Lipinski definition) is 2. The molecule has 0 fully saturated rings. The van der Waals surface area contributed by atoms with Crippen molar-refractivity contribution in [3.63, 3.8) is 0 Å². The highest BCUT2D eigenvalue weighted by atomic mass is 35.5. The van der Waals surface area contributed by atoms with Crippen molar-refractivity contribution in [3.05, 3.63) is 11.8 Å². The summed E-state index contributed by atoms with van der Waals surface area (Å²) in [5.74, 6) is 1.03. The molecule has 14 heavy (non-hydrogen) atoms. The molecule has 1 N–H and O–H groups in total. The second kappa shape index (κ2) is 6.71. The number of aryl methyl sites for hydroxylation is 2. The highest BCUT2D eigenvalue weighted by molar-refractivity contribution is 5.85. The van der Waals surface area contributed by atoms with Gasteiger partial charge in [0, 0.05) is 25.4 Å². The van der Waals surface area contributed by atoms with Gasteiger partial charge < -0.3 is 5.32 Å². The Kier molecular flexibility index (Phi) is 6.37. The number of hydrogen-bond donors (Lipinski definition) is 1. The van der Waals surface area contributed by atoms with E-state index in [0.29, 0.717) is 0 Å². The third-order valence-electron chi connectivity index (χ3n) is 2.08. The molecular formula is C10H20ClN3. The summed E-state index contributed by atoms with van der Waals surface area (Å²) in [5.41, 5.74) is 1.22. The third-order valence-corrected chi connectivity index (χ3v) is 2.08. The molecular weight excluding hydrogens is 198 g/mol. The zero-order valence-corrected chi connectivity index (χ0v) is 10.0. The Balaban J connectivity index is 0.00000169. The first-order valence-corrected chi connectivity index (χ1v) is 4.98. The summed E-state index contributed by atoms with van der Waals surface area (Å²) < 4.78 is 1.84. The lowest BCUT2D eigenvalue weighted by Gasteiger charge is -2.02. The van der Waals surface area contributed by atoms with Gasteiger partial charge in [-0.1, -0.05) is 19.8 Å². The summed E-state index contributed by atoms with van der Waals surface area (Å²) in [7, 11) is 1.95. The Labute approximate surface area is 92.3 Å². The molecule has 1 aromatic heterocycles. The van der Waals surface area contributed by atoms with E-state index >= 15 is 0 Å². The number of rotatable bonds is 5. The lowest BCUT2D eigenvalue weighted by atomic mass is 10.2. The van der Waals surface area contributed by atoms with E-state index in [1.54, 1.807) is 0 Å². The fraction of sp³-hybridized carbons (Fsp3) is 0.700. The van der Waals surface area contributed by atoms with Gasteiger partial charge in [-0.2, -0.15) is 5.10 Å². The smallest absolute Gasteiger partial charge is 0.150 e. The molecule has 0 bridgehead atoms. The van der Waals surface area contributed by atoms with Crippen molar-refractivity contribution < 1.29 is 0 Å². The zero-order valence-electron chi connectivity index (χ0n) is 9.21. The van der Waals surface area contributed by atoms with Gasteiger partial charge in [0.05, 0.1) is 0 Å². The molecule has 1 heterocycles. The SMILES string of the molecule is CCCCCNc1nn(C)cc1C.Cl. The minimum atomic E-state index is 0. The van der Waals surface area contributed by atoms with E-state index in [-0.39, 0.29) is 12.4 Å². The summed E-state index contributed by atoms with van der Waals surface area (Å²) in [4.78, 5) is 0. The molecule has 0 radical (unpaired) electrons. The number of nitrogens with zero attached hydrogens (tertiary/aromatic N) is 2. The van der Waals surface area contributed by atoms with Crippen LogP contribution in [0, 0.1) is 6.92 Å². The molecule has 1 aromatic rings. The topological polar surface area (TPSA) is 29.9 Å². The number of anilines is 1. The van der Waals surface area contributed by atoms with Crippen LogP contribution in [0.15, 0.2) is 6.20 Å². The summed E-state index contributed by atoms with van der Waals surface area (Å²) in [6.45, 7) is 5.33. The highest BCUT2D eigenvalue weighted by Gasteiger charge is 2.00. The molecule has 0 unspecified atom stereocenters. The fourth-order valence-corrected chi connectivity index (χ4v) is 1.36. The van der Waals surface area contributed by atoms with Crippen molar-refractivity contribution in [1.82, 2.24) is 9.78 Å². The van der Waals surface area contributed by atoms with Crippen LogP contribution < -0.4 is 5.32 Å². The normalized spacial score (nSPS) is 9.64. The monoisotopic (exact) mass is 217 g/mol. The van der Waals surface area contributed by atoms with Gasteiger partial charge in [0.2, 0.25) is 0 Å². The van der Waals surface area contributed by atoms with E-state index in [1.165, 1.54) is 24.8 Å². The second-order valence-corrected chi connectivity index (χ2v) is 3.47. The van der Waals surface area contributed by atoms with Crippen LogP contribution in [0.3, 0.4) is 0 Å². The molecule has 0 atom stereocenters. The van der Waals surface area contributed by atoms with E-state index in [2.05, 4.69) is 24.3 Å². The molecule has 0 aliphatic carbocycles. The molecule has 1 rings (SSSR count). The molecule has 0 amide bonds. The van der Waals surface area contributed by atoms with Crippen LogP contribution in [-0.2, 0) is 7.05 Å². The van der Waals surface area contributed by atoms with Crippen molar-refractivity contribution in [2.24, 2.45) is 7.05 Å². The van der Waals surface area contributed by atoms with E-state index in [9.17, 15) is 0 Å². The second-order valence-electron chi connectivity index (χ2n) is 3.47. The molecule has 0 aliphatic heterocycles. The maximum atomic E-state index is 4.31. The maximum Gasteiger partial charge on any atom is 0.150 e. The molecule has 4 heteroatoms. The Morgan fingerprint density at radius 1 is 1.43 bits per heavy atom. The molecule has 0 saturated heterocycles. The summed E-state index contributed by atoms with van der Waals surface area (Å²) in [5, 5.41) is 7.65. The molecule has 0 aromatic carbocycles. The van der Waals surface area contributed by atoms with Crippen molar-refractivity contribution in [2.75, 3.05) is 11.9 Å². The zero-order chi connectivity index (χ0) is 9.68. The molecule has 0 aliphatic rings. The van der Waals surface area contributed by atoms with Crippen LogP contribution in [0.5, 0.6) is 0 Å². The highest BCUT2D eigenvalue weighted by Crippen LogP contribution is 2.10. The number of halogens is 1. The van der Waals surface area contributed by atoms with Crippen LogP contribution in [0.25, 0.3) is 0 Å². The van der Waals surface area contributed by atoms with Gasteiger partial charge in [-0.15, -0.1) is 12.4 Å². The van der Waals surface area contributed by atoms with Gasteiger partial charge in [0.1, 0.15) is 0 Å². The van der Waals surface area contributed by atoms with Crippen molar-refractivity contribution in [2.45, 2.75) is 33.1 Å². The lowest BCUT2D eigenvalue weighted by Crippen LogP contribution is -2.03. The van der Waals surface area contributed by atoms with Gasteiger partial charge in [-0.05, 0) is 13.3 Å². The number of nitrogens with one attached hydrogen (secondary N) is 1. The van der Waals surface area contributed by atoms with Gasteiger partial charge in [0.15, 0.2) is 5.82 Å². The van der Waals surface area contributed by atoms with Gasteiger partial charge in [-0.3, -0.25) is 4.68 Å². The van der Waals surface area contributed by atoms with Crippen molar-refractivity contribution in [1.29, 1.82) is 0 Å². The average Bonchev–Trinajstić information content (AvgIpc) is 2.39. The number of aromatic nitrogens is 2. The summed E-state index contributed by atoms with van der Waals surface area (Å²) >= 11 is 0. The van der Waals surface area contributed by atoms with E-state index < -0.39 is 0 Å². The minimum Gasteiger partial charge on any atom is -0.368 e. The Morgan fingerprint density at radius 2 is 2.14 bits per heavy atom. The maximum absolute atomic E-state index is 4.31. The first kappa shape index (κ1) is 13.3. The van der Waals surface area contributed by atoms with Gasteiger partial charge >= 0.3 is 0 Å². The van der Waals surface area contributed by atoms with Gasteiger partial charge in [0.25, 0.3) is 0 Å². The molecule has 82 valence electrons. The van der Waals surface area contributed by atoms with E-state index in [0.717, 1.165) is 12.4 Å². The first-order chi connectivity index (χ1) is 6.24. The van der Waals surface area contributed by atoms with Crippen LogP contribution in [0.2, 0.25) is 0 Å². The predicted molar refractivity (Wildman–Crippen MR) is 63.2 cm³/mol. The fourth-order valence-electron chi connectivity index (χ4n) is 1.36. The van der Waals surface area contributed by atoms with Crippen LogP contribution in [-0.4, -0.2) is 16.3 Å². The molecule has 0 saturated carbocycles. The minimum absolute atomic E-state index is 0. The van der Waals surface area contributed by atoms with Crippen molar-refractivity contribution >= 4 is 18.2 Å². The van der Waals surface area contributed by atoms with Crippen LogP contribution in [0.1, 0.15) is 31.7 Å². The van der Waals surface area contributed by atoms with Crippen LogP contribution >= 0.6 is 12.4 Å². The standard InChI is InChI=1S/C10H19N3.ClH/c1-4-5-6-7-11-10-9(2)8-13(3)12-10;/h8H,4-7H2,1-3H3,(H,11,12);1H. The quantitative estimate of drug-likeness (QED) is 0.769. The third kappa shape index (κ3) is 4.01. The largest absolute Gasteiger partial charge is 0.368 e. The summed E-state index contributed by atoms with van der Waals surface area (Å²) in [6, 6.07) is 0. The Hall–Kier alpha value is -0.700. The average molecular weight is 218 g/mol. The summed E-state index contributed by atoms with van der Waals surface area (Å²) in [6.07, 6.45) is 5.82. The first-order valence-electron chi connectivity index (χ1n) is 4.98. The van der Waals surface area contributed by atoms with Crippen LogP contribution in [0.4, 0.5) is 5.82 Å². The number of unbranched alkanes of at least 4 members (excludes halogenated alkanes) is 2. The Morgan fingerprint density at radius 3 is 2.64 bits per heavy atom. The van der Waals surface area contributed by atoms with Crippen molar-refractivity contribution in [3.8, 4) is 0 Å². The Bertz CT molecular complexity index is 258. The van der Waals surface area contributed by atoms with E-state index in [4.69, 9.17) is 0 Å². The van der Waals surface area contributed by atoms with Gasteiger partial charge in [-0.25, -0.2) is 0 Å².